The zero-order valence-corrected chi connectivity index (χ0v) is 14.6. The van der Waals surface area contributed by atoms with Gasteiger partial charge < -0.3 is 0 Å². The molecule has 0 spiro atoms. The van der Waals surface area contributed by atoms with Gasteiger partial charge in [-0.05, 0) is 47.6 Å². The highest BCUT2D eigenvalue weighted by Crippen LogP contribution is 2.51. The van der Waals surface area contributed by atoms with E-state index in [2.05, 4.69) is 6.92 Å². The molecule has 0 aromatic heterocycles. The maximum Gasteiger partial charge on any atom is 0.338 e. The Morgan fingerprint density at radius 1 is 0.923 bits per heavy atom. The molecule has 0 saturated carbocycles. The molecular formula is C21H21F5. The molecule has 26 heavy (non-hydrogen) atoms. The molecule has 3 rings (SSSR count). The van der Waals surface area contributed by atoms with E-state index >= 15 is 0 Å². The van der Waals surface area contributed by atoms with Crippen LogP contribution in [0.4, 0.5) is 22.0 Å². The first-order chi connectivity index (χ1) is 12.3. The number of hydrogen-bond donors (Lipinski definition) is 0. The molecule has 0 aliphatic heterocycles. The minimum Gasteiger partial charge on any atom is -0.206 e. The molecule has 2 aromatic rings. The third-order valence-electron chi connectivity index (χ3n) is 5.01. The van der Waals surface area contributed by atoms with Gasteiger partial charge in [0.15, 0.2) is 0 Å². The fraction of sp³-hybridized carbons (Fsp3) is 0.429. The Morgan fingerprint density at radius 2 is 1.62 bits per heavy atom. The lowest BCUT2D eigenvalue weighted by atomic mass is 9.83. The summed E-state index contributed by atoms with van der Waals surface area (Å²) in [5.41, 5.74) is 1.08. The second kappa shape index (κ2) is 7.01. The monoisotopic (exact) mass is 368 g/mol. The first kappa shape index (κ1) is 18.9. The van der Waals surface area contributed by atoms with Gasteiger partial charge in [0.25, 0.3) is 0 Å². The van der Waals surface area contributed by atoms with Crippen LogP contribution in [0.25, 0.3) is 11.1 Å². The predicted octanol–water partition coefficient (Wildman–Crippen LogP) is 6.90. The number of rotatable bonds is 5. The van der Waals surface area contributed by atoms with Gasteiger partial charge in [0.05, 0.1) is 5.56 Å². The largest absolute Gasteiger partial charge is 0.338 e. The molecule has 0 nitrogen and oxygen atoms in total. The summed E-state index contributed by atoms with van der Waals surface area (Å²) in [6, 6.07) is 9.85. The van der Waals surface area contributed by atoms with Crippen molar-refractivity contribution in [2.24, 2.45) is 0 Å². The molecule has 0 saturated heterocycles. The highest BCUT2D eigenvalue weighted by molar-refractivity contribution is 5.66. The van der Waals surface area contributed by atoms with Crippen molar-refractivity contribution >= 4 is 0 Å². The van der Waals surface area contributed by atoms with E-state index < -0.39 is 29.6 Å². The standard InChI is InChI=1S/C21H21F5/c1-2-3-4-5-14-6-8-15(9-7-14)17-12-16-10-11-20(23,24)21(25,26)19(16)18(22)13-17/h6-9,12-13H,2-5,10-11H2,1H3. The van der Waals surface area contributed by atoms with E-state index in [4.69, 9.17) is 0 Å². The highest BCUT2D eigenvalue weighted by Gasteiger charge is 2.61. The van der Waals surface area contributed by atoms with Crippen molar-refractivity contribution in [2.75, 3.05) is 0 Å². The number of aryl methyl sites for hydroxylation is 2. The maximum atomic E-state index is 14.3. The molecule has 5 heteroatoms. The van der Waals surface area contributed by atoms with E-state index in [0.717, 1.165) is 37.3 Å². The van der Waals surface area contributed by atoms with Crippen molar-refractivity contribution in [1.29, 1.82) is 0 Å². The van der Waals surface area contributed by atoms with Crippen LogP contribution in [0.3, 0.4) is 0 Å². The van der Waals surface area contributed by atoms with Gasteiger partial charge in [0, 0.05) is 6.42 Å². The van der Waals surface area contributed by atoms with Gasteiger partial charge in [0.2, 0.25) is 0 Å². The van der Waals surface area contributed by atoms with Gasteiger partial charge in [-0.15, -0.1) is 0 Å². The fourth-order valence-corrected chi connectivity index (χ4v) is 3.45. The van der Waals surface area contributed by atoms with Crippen LogP contribution in [0.5, 0.6) is 0 Å². The van der Waals surface area contributed by atoms with Crippen LogP contribution < -0.4 is 0 Å². The number of halogens is 5. The third-order valence-corrected chi connectivity index (χ3v) is 5.01. The quantitative estimate of drug-likeness (QED) is 0.398. The molecule has 1 aliphatic rings. The fourth-order valence-electron chi connectivity index (χ4n) is 3.45. The Bertz CT molecular complexity index is 778. The van der Waals surface area contributed by atoms with Gasteiger partial charge in [-0.1, -0.05) is 50.1 Å². The lowest BCUT2D eigenvalue weighted by molar-refractivity contribution is -0.226. The summed E-state index contributed by atoms with van der Waals surface area (Å²) in [6.07, 6.45) is 3.08. The predicted molar refractivity (Wildman–Crippen MR) is 92.2 cm³/mol. The molecule has 0 fully saturated rings. The molecule has 0 N–H and O–H groups in total. The minimum atomic E-state index is -4.48. The summed E-state index contributed by atoms with van der Waals surface area (Å²) in [5, 5.41) is 0. The third kappa shape index (κ3) is 3.36. The Kier molecular flexibility index (Phi) is 5.09. The summed E-state index contributed by atoms with van der Waals surface area (Å²) in [5.74, 6) is -9.97. The topological polar surface area (TPSA) is 0 Å². The number of hydrogen-bond acceptors (Lipinski definition) is 0. The summed E-state index contributed by atoms with van der Waals surface area (Å²) in [4.78, 5) is 0. The van der Waals surface area contributed by atoms with E-state index in [-0.39, 0.29) is 12.0 Å². The van der Waals surface area contributed by atoms with Gasteiger partial charge in [-0.2, -0.15) is 17.6 Å². The van der Waals surface area contributed by atoms with Gasteiger partial charge in [-0.3, -0.25) is 0 Å². The molecule has 0 bridgehead atoms. The number of alkyl halides is 4. The molecule has 0 amide bonds. The molecule has 1 aliphatic carbocycles. The van der Waals surface area contributed by atoms with Gasteiger partial charge in [0.1, 0.15) is 5.82 Å². The lowest BCUT2D eigenvalue weighted by Crippen LogP contribution is -2.43. The molecule has 2 aromatic carbocycles. The average Bonchev–Trinajstić information content (AvgIpc) is 2.59. The van der Waals surface area contributed by atoms with E-state index in [1.807, 2.05) is 24.3 Å². The zero-order chi connectivity index (χ0) is 18.9. The average molecular weight is 368 g/mol. The lowest BCUT2D eigenvalue weighted by Gasteiger charge is -2.33. The van der Waals surface area contributed by atoms with Crippen LogP contribution >= 0.6 is 0 Å². The van der Waals surface area contributed by atoms with E-state index in [1.54, 1.807) is 0 Å². The second-order valence-electron chi connectivity index (χ2n) is 6.93. The van der Waals surface area contributed by atoms with Crippen LogP contribution in [0.2, 0.25) is 0 Å². The van der Waals surface area contributed by atoms with Crippen LogP contribution in [0, 0.1) is 5.82 Å². The summed E-state index contributed by atoms with van der Waals surface area (Å²) < 4.78 is 69.3. The van der Waals surface area contributed by atoms with E-state index in [0.29, 0.717) is 11.1 Å². The Hall–Kier alpha value is -1.91. The summed E-state index contributed by atoms with van der Waals surface area (Å²) in [6.45, 7) is 2.13. The number of benzene rings is 2. The Balaban J connectivity index is 1.91. The van der Waals surface area contributed by atoms with Crippen LogP contribution in [0.1, 0.15) is 49.3 Å². The molecule has 0 atom stereocenters. The normalized spacial score (nSPS) is 17.8. The SMILES string of the molecule is CCCCCc1ccc(-c2cc(F)c3c(c2)CCC(F)(F)C3(F)F)cc1. The van der Waals surface area contributed by atoms with Crippen molar-refractivity contribution in [3.63, 3.8) is 0 Å². The molecule has 0 radical (unpaired) electrons. The Labute approximate surface area is 150 Å². The first-order valence-corrected chi connectivity index (χ1v) is 8.94. The van der Waals surface area contributed by atoms with Crippen molar-refractivity contribution in [3.8, 4) is 11.1 Å². The van der Waals surface area contributed by atoms with E-state index in [1.165, 1.54) is 6.07 Å². The van der Waals surface area contributed by atoms with Crippen LogP contribution in [-0.4, -0.2) is 5.92 Å². The molecule has 0 unspecified atom stereocenters. The van der Waals surface area contributed by atoms with Crippen molar-refractivity contribution in [3.05, 3.63) is 58.9 Å². The summed E-state index contributed by atoms with van der Waals surface area (Å²) in [7, 11) is 0. The molecular weight excluding hydrogens is 347 g/mol. The minimum absolute atomic E-state index is 0.0389. The molecule has 0 heterocycles. The maximum absolute atomic E-state index is 14.3. The van der Waals surface area contributed by atoms with Crippen molar-refractivity contribution < 1.29 is 22.0 Å². The number of unbranched alkanes of at least 4 members (excludes halogenated alkanes) is 2. The van der Waals surface area contributed by atoms with Gasteiger partial charge in [-0.25, -0.2) is 4.39 Å². The Morgan fingerprint density at radius 3 is 2.27 bits per heavy atom. The molecule has 140 valence electrons. The smallest absolute Gasteiger partial charge is 0.206 e. The van der Waals surface area contributed by atoms with Crippen LogP contribution in [0.15, 0.2) is 36.4 Å². The summed E-state index contributed by atoms with van der Waals surface area (Å²) >= 11 is 0. The highest BCUT2D eigenvalue weighted by atomic mass is 19.3. The van der Waals surface area contributed by atoms with Crippen LogP contribution in [-0.2, 0) is 18.8 Å². The number of fused-ring (bicyclic) bond motifs is 1. The first-order valence-electron chi connectivity index (χ1n) is 8.94. The van der Waals surface area contributed by atoms with Gasteiger partial charge >= 0.3 is 11.8 Å². The van der Waals surface area contributed by atoms with Crippen molar-refractivity contribution in [1.82, 2.24) is 0 Å². The van der Waals surface area contributed by atoms with Crippen molar-refractivity contribution in [2.45, 2.75) is 57.3 Å². The zero-order valence-electron chi connectivity index (χ0n) is 14.6. The second-order valence-corrected chi connectivity index (χ2v) is 6.93. The van der Waals surface area contributed by atoms with E-state index in [9.17, 15) is 22.0 Å².